The molecule has 0 unspecified atom stereocenters. The lowest BCUT2D eigenvalue weighted by Crippen LogP contribution is -2.21. The summed E-state index contributed by atoms with van der Waals surface area (Å²) in [6.45, 7) is 0.905. The molecule has 1 fully saturated rings. The number of carbonyl (C=O) groups is 2. The van der Waals surface area contributed by atoms with Gasteiger partial charge in [0, 0.05) is 12.3 Å². The van der Waals surface area contributed by atoms with Gasteiger partial charge in [-0.05, 0) is 61.4 Å². The zero-order valence-corrected chi connectivity index (χ0v) is 15.7. The summed E-state index contributed by atoms with van der Waals surface area (Å²) in [6, 6.07) is 13.5. The molecule has 1 N–H and O–H groups in total. The van der Waals surface area contributed by atoms with Crippen molar-refractivity contribution in [1.82, 2.24) is 0 Å². The van der Waals surface area contributed by atoms with E-state index in [9.17, 15) is 9.59 Å². The fourth-order valence-corrected chi connectivity index (χ4v) is 2.74. The summed E-state index contributed by atoms with van der Waals surface area (Å²) >= 11 is 0. The molecule has 28 heavy (non-hydrogen) atoms. The highest BCUT2D eigenvalue weighted by Gasteiger charge is 2.16. The van der Waals surface area contributed by atoms with Crippen molar-refractivity contribution < 1.29 is 28.5 Å². The van der Waals surface area contributed by atoms with Gasteiger partial charge in [-0.1, -0.05) is 0 Å². The number of benzene rings is 2. The van der Waals surface area contributed by atoms with E-state index in [2.05, 4.69) is 5.32 Å². The first-order valence-electron chi connectivity index (χ1n) is 9.09. The number of anilines is 1. The number of ether oxygens (including phenoxy) is 4. The Balaban J connectivity index is 1.42. The lowest BCUT2D eigenvalue weighted by Gasteiger charge is -2.11. The maximum Gasteiger partial charge on any atom is 0.338 e. The lowest BCUT2D eigenvalue weighted by atomic mass is 10.2. The monoisotopic (exact) mass is 385 g/mol. The minimum Gasteiger partial charge on any atom is -0.497 e. The summed E-state index contributed by atoms with van der Waals surface area (Å²) in [5.41, 5.74) is 0.941. The van der Waals surface area contributed by atoms with E-state index < -0.39 is 11.9 Å². The van der Waals surface area contributed by atoms with Crippen molar-refractivity contribution in [3.8, 4) is 11.5 Å². The van der Waals surface area contributed by atoms with Crippen LogP contribution in [-0.2, 0) is 14.3 Å². The van der Waals surface area contributed by atoms with Gasteiger partial charge in [0.15, 0.2) is 6.61 Å². The predicted molar refractivity (Wildman–Crippen MR) is 103 cm³/mol. The molecule has 1 aliphatic heterocycles. The molecular formula is C21H23NO6. The van der Waals surface area contributed by atoms with Gasteiger partial charge in [-0.3, -0.25) is 4.79 Å². The second kappa shape index (κ2) is 9.75. The third-order valence-electron chi connectivity index (χ3n) is 4.26. The number of esters is 1. The summed E-state index contributed by atoms with van der Waals surface area (Å²) in [6.07, 6.45) is 2.20. The molecule has 148 valence electrons. The van der Waals surface area contributed by atoms with Crippen molar-refractivity contribution in [2.24, 2.45) is 0 Å². The van der Waals surface area contributed by atoms with Crippen molar-refractivity contribution in [3.05, 3.63) is 54.1 Å². The quantitative estimate of drug-likeness (QED) is 0.704. The van der Waals surface area contributed by atoms with Crippen LogP contribution < -0.4 is 14.8 Å². The molecule has 3 rings (SSSR count). The highest BCUT2D eigenvalue weighted by atomic mass is 16.5. The number of amides is 1. The van der Waals surface area contributed by atoms with Gasteiger partial charge in [-0.25, -0.2) is 4.79 Å². The van der Waals surface area contributed by atoms with Crippen LogP contribution in [0.3, 0.4) is 0 Å². The van der Waals surface area contributed by atoms with Crippen LogP contribution >= 0.6 is 0 Å². The summed E-state index contributed by atoms with van der Waals surface area (Å²) < 4.78 is 21.3. The molecule has 1 amide bonds. The van der Waals surface area contributed by atoms with E-state index >= 15 is 0 Å². The molecule has 0 radical (unpaired) electrons. The Morgan fingerprint density at radius 2 is 1.79 bits per heavy atom. The number of hydrogen-bond donors (Lipinski definition) is 1. The molecule has 1 aliphatic rings. The average Bonchev–Trinajstić information content (AvgIpc) is 3.25. The van der Waals surface area contributed by atoms with Crippen LogP contribution in [0.2, 0.25) is 0 Å². The number of carbonyl (C=O) groups excluding carboxylic acids is 2. The van der Waals surface area contributed by atoms with Gasteiger partial charge in [0.1, 0.15) is 18.1 Å². The van der Waals surface area contributed by atoms with Crippen molar-refractivity contribution in [2.75, 3.05) is 32.2 Å². The Morgan fingerprint density at radius 3 is 2.43 bits per heavy atom. The first-order valence-corrected chi connectivity index (χ1v) is 9.09. The van der Waals surface area contributed by atoms with E-state index in [1.165, 1.54) is 0 Å². The smallest absolute Gasteiger partial charge is 0.338 e. The molecule has 1 heterocycles. The Hall–Kier alpha value is -3.06. The standard InChI is InChI=1S/C21H23NO6/c1-25-17-10-6-16(7-11-17)22-20(23)14-28-21(24)15-4-8-18(9-5-15)27-13-19-3-2-12-26-19/h4-11,19H,2-3,12-14H2,1H3,(H,22,23)/t19-/m0/s1. The number of rotatable bonds is 8. The molecule has 1 atom stereocenters. The number of methoxy groups -OCH3 is 1. The van der Waals surface area contributed by atoms with Gasteiger partial charge in [0.05, 0.1) is 18.8 Å². The lowest BCUT2D eigenvalue weighted by molar-refractivity contribution is -0.119. The van der Waals surface area contributed by atoms with Crippen molar-refractivity contribution in [3.63, 3.8) is 0 Å². The second-order valence-electron chi connectivity index (χ2n) is 6.32. The van der Waals surface area contributed by atoms with Crippen LogP contribution in [0.15, 0.2) is 48.5 Å². The zero-order valence-electron chi connectivity index (χ0n) is 15.7. The number of hydrogen-bond acceptors (Lipinski definition) is 6. The highest BCUT2D eigenvalue weighted by molar-refractivity contribution is 5.95. The fraction of sp³-hybridized carbons (Fsp3) is 0.333. The van der Waals surface area contributed by atoms with Crippen LogP contribution in [0.1, 0.15) is 23.2 Å². The Bertz CT molecular complexity index is 782. The molecular weight excluding hydrogens is 362 g/mol. The van der Waals surface area contributed by atoms with Crippen LogP contribution in [0.5, 0.6) is 11.5 Å². The fourth-order valence-electron chi connectivity index (χ4n) is 2.74. The molecule has 1 saturated heterocycles. The summed E-state index contributed by atoms with van der Waals surface area (Å²) in [4.78, 5) is 24.0. The van der Waals surface area contributed by atoms with Crippen molar-refractivity contribution >= 4 is 17.6 Å². The van der Waals surface area contributed by atoms with Gasteiger partial charge in [0.25, 0.3) is 5.91 Å². The largest absolute Gasteiger partial charge is 0.497 e. The van der Waals surface area contributed by atoms with E-state index in [0.717, 1.165) is 19.4 Å². The first kappa shape index (κ1) is 19.7. The van der Waals surface area contributed by atoms with E-state index in [-0.39, 0.29) is 12.7 Å². The van der Waals surface area contributed by atoms with Crippen LogP contribution in [0.4, 0.5) is 5.69 Å². The van der Waals surface area contributed by atoms with Gasteiger partial charge < -0.3 is 24.3 Å². The predicted octanol–water partition coefficient (Wildman–Crippen LogP) is 3.05. The minimum absolute atomic E-state index is 0.133. The molecule has 2 aromatic carbocycles. The van der Waals surface area contributed by atoms with Crippen molar-refractivity contribution in [2.45, 2.75) is 18.9 Å². The first-order chi connectivity index (χ1) is 13.6. The van der Waals surface area contributed by atoms with Crippen LogP contribution in [0.25, 0.3) is 0 Å². The van der Waals surface area contributed by atoms with E-state index in [0.29, 0.717) is 29.4 Å². The normalized spacial score (nSPS) is 15.7. The molecule has 7 heteroatoms. The zero-order chi connectivity index (χ0) is 19.8. The third kappa shape index (κ3) is 5.72. The minimum atomic E-state index is -0.574. The summed E-state index contributed by atoms with van der Waals surface area (Å²) in [5.74, 6) is 0.350. The van der Waals surface area contributed by atoms with Crippen LogP contribution in [-0.4, -0.2) is 44.9 Å². The van der Waals surface area contributed by atoms with Gasteiger partial charge in [-0.15, -0.1) is 0 Å². The van der Waals surface area contributed by atoms with Gasteiger partial charge >= 0.3 is 5.97 Å². The summed E-state index contributed by atoms with van der Waals surface area (Å²) in [7, 11) is 1.57. The third-order valence-corrected chi connectivity index (χ3v) is 4.26. The second-order valence-corrected chi connectivity index (χ2v) is 6.32. The van der Waals surface area contributed by atoms with Crippen LogP contribution in [0, 0.1) is 0 Å². The Kier molecular flexibility index (Phi) is 6.86. The molecule has 0 aliphatic carbocycles. The van der Waals surface area contributed by atoms with E-state index in [4.69, 9.17) is 18.9 Å². The highest BCUT2D eigenvalue weighted by Crippen LogP contribution is 2.17. The molecule has 0 bridgehead atoms. The number of nitrogens with one attached hydrogen (secondary N) is 1. The Morgan fingerprint density at radius 1 is 1.07 bits per heavy atom. The van der Waals surface area contributed by atoms with Gasteiger partial charge in [-0.2, -0.15) is 0 Å². The SMILES string of the molecule is COc1ccc(NC(=O)COC(=O)c2ccc(OC[C@@H]3CCCO3)cc2)cc1. The topological polar surface area (TPSA) is 83.1 Å². The van der Waals surface area contributed by atoms with E-state index in [1.807, 2.05) is 0 Å². The summed E-state index contributed by atoms with van der Waals surface area (Å²) in [5, 5.41) is 2.65. The maximum atomic E-state index is 12.1. The molecule has 0 aromatic heterocycles. The molecule has 2 aromatic rings. The molecule has 7 nitrogen and oxygen atoms in total. The maximum absolute atomic E-state index is 12.1. The average molecular weight is 385 g/mol. The van der Waals surface area contributed by atoms with Crippen molar-refractivity contribution in [1.29, 1.82) is 0 Å². The van der Waals surface area contributed by atoms with Gasteiger partial charge in [0.2, 0.25) is 0 Å². The molecule has 0 saturated carbocycles. The molecule has 0 spiro atoms. The Labute approximate surface area is 163 Å². The van der Waals surface area contributed by atoms with E-state index in [1.54, 1.807) is 55.6 Å².